The number of Topliss-reactive ketones (excluding diaryl/α,β-unsaturated/α-hetero) is 1. The molecule has 154 valence electrons. The fraction of sp³-hybridized carbons (Fsp3) is 0.300. The van der Waals surface area contributed by atoms with Crippen molar-refractivity contribution in [3.8, 4) is 0 Å². The zero-order valence-corrected chi connectivity index (χ0v) is 18.5. The van der Waals surface area contributed by atoms with Crippen LogP contribution >= 0.6 is 33.8 Å². The second kappa shape index (κ2) is 10.6. The molecule has 2 amide bonds. The highest BCUT2D eigenvalue weighted by molar-refractivity contribution is 8.21. The van der Waals surface area contributed by atoms with Crippen LogP contribution in [-0.2, 0) is 5.75 Å². The minimum absolute atomic E-state index is 0.0265. The second-order valence-electron chi connectivity index (χ2n) is 6.45. The number of thiol groups is 1. The minimum Gasteiger partial charge on any atom is -0.294 e. The van der Waals surface area contributed by atoms with Crippen molar-refractivity contribution in [3.05, 3.63) is 56.9 Å². The van der Waals surface area contributed by atoms with Crippen molar-refractivity contribution in [2.24, 2.45) is 0 Å². The van der Waals surface area contributed by atoms with E-state index in [1.54, 1.807) is 18.3 Å². The Hall–Kier alpha value is -2.16. The van der Waals surface area contributed by atoms with E-state index in [1.165, 1.54) is 11.3 Å². The van der Waals surface area contributed by atoms with Crippen molar-refractivity contribution in [2.45, 2.75) is 38.4 Å². The standard InChI is InChI=1S/C20H23ClN4O2S2/c1-2-3-4-9-16(26)14-8-7-10-22-18(14)24-19(27)25-20-23-15(17(21)28-20)13-29-11-5-6-12-29/h5-8,10-12,29H,2-4,9,13H2,1H3,(H2,22,23,24,25,27). The van der Waals surface area contributed by atoms with Gasteiger partial charge in [-0.2, -0.15) is 0 Å². The van der Waals surface area contributed by atoms with Gasteiger partial charge in [-0.15, -0.1) is 0 Å². The van der Waals surface area contributed by atoms with E-state index in [9.17, 15) is 9.59 Å². The summed E-state index contributed by atoms with van der Waals surface area (Å²) in [5.41, 5.74) is 1.19. The molecule has 1 aliphatic heterocycles. The summed E-state index contributed by atoms with van der Waals surface area (Å²) in [6.07, 6.45) is 8.88. The summed E-state index contributed by atoms with van der Waals surface area (Å²) in [4.78, 5) is 33.4. The molecule has 2 N–H and O–H groups in total. The van der Waals surface area contributed by atoms with Gasteiger partial charge in [-0.3, -0.25) is 15.4 Å². The highest BCUT2D eigenvalue weighted by Crippen LogP contribution is 2.40. The third-order valence-electron chi connectivity index (χ3n) is 4.22. The number of allylic oxidation sites excluding steroid dienone is 2. The average molecular weight is 451 g/mol. The lowest BCUT2D eigenvalue weighted by Gasteiger charge is -2.09. The molecule has 0 saturated heterocycles. The number of amides is 2. The lowest BCUT2D eigenvalue weighted by atomic mass is 10.1. The highest BCUT2D eigenvalue weighted by atomic mass is 35.5. The van der Waals surface area contributed by atoms with Gasteiger partial charge in [0.1, 0.15) is 10.2 Å². The molecule has 0 spiro atoms. The topological polar surface area (TPSA) is 84.0 Å². The lowest BCUT2D eigenvalue weighted by Crippen LogP contribution is -2.21. The van der Waals surface area contributed by atoms with Crippen LogP contribution in [0.5, 0.6) is 0 Å². The molecule has 3 heterocycles. The molecule has 9 heteroatoms. The van der Waals surface area contributed by atoms with E-state index in [4.69, 9.17) is 11.6 Å². The van der Waals surface area contributed by atoms with E-state index >= 15 is 0 Å². The number of anilines is 2. The van der Waals surface area contributed by atoms with Crippen LogP contribution in [0.25, 0.3) is 0 Å². The van der Waals surface area contributed by atoms with Gasteiger partial charge < -0.3 is 0 Å². The summed E-state index contributed by atoms with van der Waals surface area (Å²) in [6, 6.07) is 2.87. The SMILES string of the molecule is CCCCCC(=O)c1cccnc1NC(=O)Nc1nc(C[SH]2C=CC=C2)c(Cl)s1. The number of carbonyl (C=O) groups excluding carboxylic acids is 2. The molecule has 0 bridgehead atoms. The Bertz CT molecular complexity index is 930. The van der Waals surface area contributed by atoms with Crippen LogP contribution in [0.2, 0.25) is 4.34 Å². The number of rotatable bonds is 9. The first-order valence-corrected chi connectivity index (χ1v) is 12.2. The number of pyridine rings is 1. The Morgan fingerprint density at radius 2 is 2.00 bits per heavy atom. The van der Waals surface area contributed by atoms with Crippen molar-refractivity contribution in [1.82, 2.24) is 9.97 Å². The van der Waals surface area contributed by atoms with Crippen LogP contribution in [0.3, 0.4) is 0 Å². The van der Waals surface area contributed by atoms with Gasteiger partial charge >= 0.3 is 6.03 Å². The van der Waals surface area contributed by atoms with Crippen molar-refractivity contribution in [1.29, 1.82) is 0 Å². The number of nitrogens with zero attached hydrogens (tertiary/aromatic N) is 2. The first kappa shape index (κ1) is 21.5. The number of hydrogen-bond acceptors (Lipinski definition) is 5. The number of ketones is 1. The molecule has 2 aromatic rings. The summed E-state index contributed by atoms with van der Waals surface area (Å²) in [6.45, 7) is 2.09. The van der Waals surface area contributed by atoms with Gasteiger partial charge in [0.05, 0.1) is 11.3 Å². The number of thiazole rings is 1. The molecule has 29 heavy (non-hydrogen) atoms. The second-order valence-corrected chi connectivity index (χ2v) is 10.00. The largest absolute Gasteiger partial charge is 0.326 e. The van der Waals surface area contributed by atoms with Crippen LogP contribution < -0.4 is 10.6 Å². The Morgan fingerprint density at radius 1 is 1.21 bits per heavy atom. The predicted octanol–water partition coefficient (Wildman–Crippen LogP) is 6.14. The van der Waals surface area contributed by atoms with Crippen molar-refractivity contribution in [2.75, 3.05) is 10.6 Å². The first-order valence-electron chi connectivity index (χ1n) is 9.39. The Balaban J connectivity index is 1.62. The summed E-state index contributed by atoms with van der Waals surface area (Å²) in [7, 11) is -0.380. The van der Waals surface area contributed by atoms with Gasteiger partial charge in [0, 0.05) is 18.4 Å². The molecule has 0 saturated carbocycles. The maximum Gasteiger partial charge on any atom is 0.326 e. The maximum atomic E-state index is 12.4. The minimum atomic E-state index is -0.505. The zero-order chi connectivity index (χ0) is 20.6. The molecule has 0 aliphatic carbocycles. The Morgan fingerprint density at radius 3 is 2.76 bits per heavy atom. The maximum absolute atomic E-state index is 12.4. The molecule has 3 rings (SSSR count). The smallest absolute Gasteiger partial charge is 0.294 e. The highest BCUT2D eigenvalue weighted by Gasteiger charge is 2.17. The van der Waals surface area contributed by atoms with Crippen molar-refractivity contribution in [3.63, 3.8) is 0 Å². The van der Waals surface area contributed by atoms with Crippen molar-refractivity contribution >= 4 is 56.6 Å². The van der Waals surface area contributed by atoms with Gasteiger partial charge in [0.25, 0.3) is 0 Å². The molecule has 0 atom stereocenters. The van der Waals surface area contributed by atoms with Crippen LogP contribution in [-0.4, -0.2) is 21.8 Å². The van der Waals surface area contributed by atoms with E-state index in [0.29, 0.717) is 21.5 Å². The number of halogens is 1. The van der Waals surface area contributed by atoms with Gasteiger partial charge in [0.15, 0.2) is 10.9 Å². The third-order valence-corrected chi connectivity index (χ3v) is 7.24. The van der Waals surface area contributed by atoms with Crippen LogP contribution in [0.15, 0.2) is 41.3 Å². The van der Waals surface area contributed by atoms with Gasteiger partial charge in [-0.25, -0.2) is 25.7 Å². The fourth-order valence-corrected chi connectivity index (χ4v) is 5.53. The molecular weight excluding hydrogens is 428 g/mol. The molecule has 0 radical (unpaired) electrons. The van der Waals surface area contributed by atoms with Crippen LogP contribution in [0.4, 0.5) is 15.7 Å². The average Bonchev–Trinajstić information content (AvgIpc) is 3.32. The molecule has 1 aliphatic rings. The first-order chi connectivity index (χ1) is 14.1. The lowest BCUT2D eigenvalue weighted by molar-refractivity contribution is 0.0980. The van der Waals surface area contributed by atoms with Crippen LogP contribution in [0, 0.1) is 0 Å². The molecular formula is C20H23ClN4O2S2. The quantitative estimate of drug-likeness (QED) is 0.243. The number of unbranched alkanes of at least 4 members (excludes halogenated alkanes) is 2. The van der Waals surface area contributed by atoms with Gasteiger partial charge in [-0.1, -0.05) is 54.9 Å². The van der Waals surface area contributed by atoms with E-state index in [0.717, 1.165) is 30.7 Å². The van der Waals surface area contributed by atoms with E-state index in [1.807, 2.05) is 12.2 Å². The summed E-state index contributed by atoms with van der Waals surface area (Å²) in [5.74, 6) is 0.970. The molecule has 0 aromatic carbocycles. The summed E-state index contributed by atoms with van der Waals surface area (Å²) >= 11 is 7.50. The monoisotopic (exact) mass is 450 g/mol. The Labute approximate surface area is 181 Å². The normalized spacial score (nSPS) is 13.7. The van der Waals surface area contributed by atoms with Gasteiger partial charge in [-0.05, 0) is 29.4 Å². The number of nitrogens with one attached hydrogen (secondary N) is 2. The summed E-state index contributed by atoms with van der Waals surface area (Å²) in [5, 5.41) is 10.0. The number of urea groups is 1. The van der Waals surface area contributed by atoms with Gasteiger partial charge in [0.2, 0.25) is 0 Å². The molecule has 2 aromatic heterocycles. The number of aromatic nitrogens is 2. The summed E-state index contributed by atoms with van der Waals surface area (Å²) < 4.78 is 0.570. The molecule has 6 nitrogen and oxygen atoms in total. The third kappa shape index (κ3) is 6.16. The van der Waals surface area contributed by atoms with E-state index in [-0.39, 0.29) is 22.5 Å². The number of carbonyl (C=O) groups is 2. The molecule has 0 fully saturated rings. The van der Waals surface area contributed by atoms with E-state index < -0.39 is 6.03 Å². The molecule has 0 unspecified atom stereocenters. The number of hydrogen-bond donors (Lipinski definition) is 3. The predicted molar refractivity (Wildman–Crippen MR) is 123 cm³/mol. The van der Waals surface area contributed by atoms with Crippen molar-refractivity contribution < 1.29 is 9.59 Å². The van der Waals surface area contributed by atoms with E-state index in [2.05, 4.69) is 38.3 Å². The van der Waals surface area contributed by atoms with Crippen LogP contribution in [0.1, 0.15) is 48.7 Å². The Kier molecular flexibility index (Phi) is 7.85. The fourth-order valence-electron chi connectivity index (χ4n) is 2.77. The zero-order valence-electron chi connectivity index (χ0n) is 16.0.